The third-order valence-electron chi connectivity index (χ3n) is 4.08. The molecule has 1 amide bonds. The molecule has 7 nitrogen and oxygen atoms in total. The van der Waals surface area contributed by atoms with Gasteiger partial charge in [-0.05, 0) is 25.1 Å². The molecular formula is C16H20ClFN4O3S. The van der Waals surface area contributed by atoms with Crippen LogP contribution in [0, 0.1) is 5.82 Å². The van der Waals surface area contributed by atoms with Gasteiger partial charge < -0.3 is 15.2 Å². The quantitative estimate of drug-likeness (QED) is 0.727. The van der Waals surface area contributed by atoms with Crippen molar-refractivity contribution in [3.63, 3.8) is 0 Å². The number of amides is 1. The van der Waals surface area contributed by atoms with Crippen LogP contribution in [-0.2, 0) is 10.0 Å². The topological polar surface area (TPSA) is 94.3 Å². The van der Waals surface area contributed by atoms with Crippen molar-refractivity contribution in [1.82, 2.24) is 15.2 Å². The van der Waals surface area contributed by atoms with Crippen LogP contribution in [0.1, 0.15) is 17.4 Å². The van der Waals surface area contributed by atoms with Crippen LogP contribution in [-0.4, -0.2) is 49.9 Å². The molecule has 2 aromatic rings. The van der Waals surface area contributed by atoms with Crippen LogP contribution >= 0.6 is 12.4 Å². The van der Waals surface area contributed by atoms with Gasteiger partial charge in [-0.15, -0.1) is 12.4 Å². The van der Waals surface area contributed by atoms with Crippen molar-refractivity contribution >= 4 is 34.0 Å². The highest BCUT2D eigenvalue weighted by Gasteiger charge is 2.26. The summed E-state index contributed by atoms with van der Waals surface area (Å²) >= 11 is 0. The van der Waals surface area contributed by atoms with E-state index in [4.69, 9.17) is 0 Å². The number of halogens is 2. The molecule has 2 heterocycles. The summed E-state index contributed by atoms with van der Waals surface area (Å²) in [6.45, 7) is 3.85. The number of carbonyl (C=O) groups is 1. The molecule has 3 N–H and O–H groups in total. The molecule has 1 aromatic heterocycles. The lowest BCUT2D eigenvalue weighted by atomic mass is 10.2. The molecule has 0 saturated carbocycles. The van der Waals surface area contributed by atoms with Gasteiger partial charge in [0.05, 0.1) is 5.69 Å². The first-order valence-corrected chi connectivity index (χ1v) is 9.34. The number of aromatic nitrogens is 1. The Morgan fingerprint density at radius 1 is 1.35 bits per heavy atom. The van der Waals surface area contributed by atoms with Crippen LogP contribution in [0.4, 0.5) is 10.1 Å². The van der Waals surface area contributed by atoms with Crippen LogP contribution in [0.5, 0.6) is 0 Å². The smallest absolute Gasteiger partial charge is 0.270 e. The zero-order valence-corrected chi connectivity index (χ0v) is 15.7. The second-order valence-corrected chi connectivity index (χ2v) is 7.57. The number of anilines is 1. The zero-order chi connectivity index (χ0) is 18.0. The summed E-state index contributed by atoms with van der Waals surface area (Å²) in [7, 11) is -4.00. The summed E-state index contributed by atoms with van der Waals surface area (Å²) < 4.78 is 40.6. The molecule has 1 atom stereocenters. The lowest BCUT2D eigenvalue weighted by Gasteiger charge is -2.33. The molecular weight excluding hydrogens is 383 g/mol. The highest BCUT2D eigenvalue weighted by atomic mass is 35.5. The highest BCUT2D eigenvalue weighted by Crippen LogP contribution is 2.20. The second kappa shape index (κ2) is 8.07. The number of hydrogen-bond donors (Lipinski definition) is 3. The van der Waals surface area contributed by atoms with Crippen LogP contribution in [0.3, 0.4) is 0 Å². The van der Waals surface area contributed by atoms with E-state index in [2.05, 4.69) is 15.0 Å². The Labute approximate surface area is 157 Å². The molecule has 0 aliphatic carbocycles. The minimum Gasteiger partial charge on any atom is -0.356 e. The van der Waals surface area contributed by atoms with Gasteiger partial charge in [0.2, 0.25) is 0 Å². The average Bonchev–Trinajstić information content (AvgIpc) is 3.08. The number of nitrogens with zero attached hydrogens (tertiary/aromatic N) is 1. The van der Waals surface area contributed by atoms with E-state index >= 15 is 0 Å². The number of rotatable bonds is 4. The van der Waals surface area contributed by atoms with Crippen LogP contribution < -0.4 is 10.0 Å². The Bertz CT molecular complexity index is 887. The highest BCUT2D eigenvalue weighted by molar-refractivity contribution is 7.92. The number of para-hydroxylation sites is 1. The number of carbonyl (C=O) groups excluding carboxylic acids is 1. The monoisotopic (exact) mass is 402 g/mol. The third kappa shape index (κ3) is 4.17. The van der Waals surface area contributed by atoms with Crippen molar-refractivity contribution in [1.29, 1.82) is 0 Å². The van der Waals surface area contributed by atoms with E-state index < -0.39 is 15.8 Å². The van der Waals surface area contributed by atoms with E-state index in [9.17, 15) is 17.6 Å². The van der Waals surface area contributed by atoms with Crippen molar-refractivity contribution in [3.8, 4) is 0 Å². The first kappa shape index (κ1) is 20.2. The summed E-state index contributed by atoms with van der Waals surface area (Å²) in [5.41, 5.74) is 0.0370. The van der Waals surface area contributed by atoms with E-state index in [-0.39, 0.29) is 40.6 Å². The predicted molar refractivity (Wildman–Crippen MR) is 98.6 cm³/mol. The zero-order valence-electron chi connectivity index (χ0n) is 14.0. The summed E-state index contributed by atoms with van der Waals surface area (Å²) in [5, 5.41) is 3.19. The lowest BCUT2D eigenvalue weighted by Crippen LogP contribution is -2.52. The fourth-order valence-electron chi connectivity index (χ4n) is 2.70. The molecule has 26 heavy (non-hydrogen) atoms. The summed E-state index contributed by atoms with van der Waals surface area (Å²) in [6, 6.07) is 6.76. The van der Waals surface area contributed by atoms with Gasteiger partial charge in [0.15, 0.2) is 0 Å². The second-order valence-electron chi connectivity index (χ2n) is 5.89. The van der Waals surface area contributed by atoms with E-state index in [0.717, 1.165) is 6.07 Å². The number of hydrogen-bond acceptors (Lipinski definition) is 4. The average molecular weight is 403 g/mol. The molecule has 1 aromatic carbocycles. The van der Waals surface area contributed by atoms with Gasteiger partial charge in [-0.2, -0.15) is 0 Å². The maximum absolute atomic E-state index is 13.7. The summed E-state index contributed by atoms with van der Waals surface area (Å²) in [4.78, 5) is 16.8. The Hall–Kier alpha value is -2.10. The van der Waals surface area contributed by atoms with Gasteiger partial charge in [-0.25, -0.2) is 12.8 Å². The van der Waals surface area contributed by atoms with E-state index in [1.165, 1.54) is 30.5 Å². The van der Waals surface area contributed by atoms with Gasteiger partial charge in [0, 0.05) is 31.9 Å². The van der Waals surface area contributed by atoms with Gasteiger partial charge in [0.25, 0.3) is 15.9 Å². The number of piperazine rings is 1. The number of H-pyrrole nitrogens is 1. The normalized spacial score (nSPS) is 17.5. The van der Waals surface area contributed by atoms with E-state index in [1.807, 2.05) is 6.92 Å². The van der Waals surface area contributed by atoms with Crippen molar-refractivity contribution in [2.24, 2.45) is 0 Å². The lowest BCUT2D eigenvalue weighted by molar-refractivity contribution is 0.0650. The molecule has 0 radical (unpaired) electrons. The molecule has 10 heteroatoms. The molecule has 1 aliphatic rings. The third-order valence-corrected chi connectivity index (χ3v) is 5.42. The van der Waals surface area contributed by atoms with Gasteiger partial charge in [0.1, 0.15) is 16.4 Å². The molecule has 3 rings (SSSR count). The fraction of sp³-hybridized carbons (Fsp3) is 0.312. The van der Waals surface area contributed by atoms with E-state index in [1.54, 1.807) is 4.90 Å². The number of benzene rings is 1. The Kier molecular flexibility index (Phi) is 6.27. The molecule has 1 saturated heterocycles. The largest absolute Gasteiger partial charge is 0.356 e. The minimum absolute atomic E-state index is 0. The molecule has 0 bridgehead atoms. The maximum Gasteiger partial charge on any atom is 0.270 e. The number of sulfonamides is 1. The van der Waals surface area contributed by atoms with Crippen molar-refractivity contribution in [2.45, 2.75) is 17.9 Å². The van der Waals surface area contributed by atoms with E-state index in [0.29, 0.717) is 19.6 Å². The van der Waals surface area contributed by atoms with Crippen LogP contribution in [0.25, 0.3) is 0 Å². The first-order chi connectivity index (χ1) is 11.9. The molecule has 142 valence electrons. The van der Waals surface area contributed by atoms with Crippen molar-refractivity contribution in [3.05, 3.63) is 48.0 Å². The Morgan fingerprint density at radius 3 is 2.77 bits per heavy atom. The fourth-order valence-corrected chi connectivity index (χ4v) is 3.76. The predicted octanol–water partition coefficient (Wildman–Crippen LogP) is 1.81. The molecule has 1 fully saturated rings. The standard InChI is InChI=1S/C16H19FN4O3S.ClH/c1-11-9-18-6-7-21(11)16(22)15-8-12(10-19-15)25(23,24)20-14-5-3-2-4-13(14)17;/h2-5,8,10-11,18-20H,6-7,9H2,1H3;1H/t11-;/m1./s1. The number of nitrogens with one attached hydrogen (secondary N) is 3. The summed E-state index contributed by atoms with van der Waals surface area (Å²) in [6.07, 6.45) is 1.23. The van der Waals surface area contributed by atoms with Crippen LogP contribution in [0.15, 0.2) is 41.4 Å². The summed E-state index contributed by atoms with van der Waals surface area (Å²) in [5.74, 6) is -0.936. The Balaban J connectivity index is 0.00000243. The molecule has 0 spiro atoms. The SMILES string of the molecule is C[C@@H]1CNCCN1C(=O)c1cc(S(=O)(=O)Nc2ccccc2F)c[nH]1.Cl. The van der Waals surface area contributed by atoms with Gasteiger partial charge >= 0.3 is 0 Å². The maximum atomic E-state index is 13.7. The molecule has 1 aliphatic heterocycles. The number of aromatic amines is 1. The van der Waals surface area contributed by atoms with Crippen molar-refractivity contribution < 1.29 is 17.6 Å². The van der Waals surface area contributed by atoms with Gasteiger partial charge in [-0.3, -0.25) is 9.52 Å². The first-order valence-electron chi connectivity index (χ1n) is 7.86. The molecule has 0 unspecified atom stereocenters. The van der Waals surface area contributed by atoms with Crippen LogP contribution in [0.2, 0.25) is 0 Å². The minimum atomic E-state index is -4.00. The van der Waals surface area contributed by atoms with Gasteiger partial charge in [-0.1, -0.05) is 12.1 Å². The Morgan fingerprint density at radius 2 is 2.08 bits per heavy atom. The van der Waals surface area contributed by atoms with Crippen molar-refractivity contribution in [2.75, 3.05) is 24.4 Å².